The third-order valence-electron chi connectivity index (χ3n) is 4.59. The lowest BCUT2D eigenvalue weighted by atomic mass is 10.1. The van der Waals surface area contributed by atoms with Gasteiger partial charge in [-0.15, -0.1) is 0 Å². The summed E-state index contributed by atoms with van der Waals surface area (Å²) in [7, 11) is 0. The van der Waals surface area contributed by atoms with Gasteiger partial charge >= 0.3 is 5.69 Å². The molecule has 0 spiro atoms. The maximum Gasteiger partial charge on any atom is 0.330 e. The number of nitrogen functional groups attached to an aromatic ring is 1. The van der Waals surface area contributed by atoms with E-state index in [1.165, 1.54) is 10.1 Å². The van der Waals surface area contributed by atoms with Crippen molar-refractivity contribution in [2.45, 2.75) is 53.0 Å². The second kappa shape index (κ2) is 10.00. The Kier molecular flexibility index (Phi) is 7.70. The van der Waals surface area contributed by atoms with E-state index in [-0.39, 0.29) is 5.82 Å². The molecule has 0 aliphatic rings. The minimum atomic E-state index is -0.427. The zero-order chi connectivity index (χ0) is 19.8. The zero-order valence-electron chi connectivity index (χ0n) is 16.7. The molecule has 0 saturated carbocycles. The Morgan fingerprint density at radius 1 is 1.15 bits per heavy atom. The van der Waals surface area contributed by atoms with Gasteiger partial charge in [0.25, 0.3) is 5.56 Å². The molecule has 0 radical (unpaired) electrons. The standard InChI is InChI=1S/C21H32N4O2/c1-4-5-14-25-19(22)18(20(26)23-21(25)27)24(15-16(2)3)13-9-12-17-10-7-6-8-11-17/h6-8,10-11,16H,4-5,9,12-15,22H2,1-3H3,(H,23,26,27). The zero-order valence-corrected chi connectivity index (χ0v) is 16.7. The number of aromatic amines is 1. The Hall–Kier alpha value is -2.50. The molecule has 3 N–H and O–H groups in total. The highest BCUT2D eigenvalue weighted by Gasteiger charge is 2.19. The summed E-state index contributed by atoms with van der Waals surface area (Å²) in [4.78, 5) is 29.2. The highest BCUT2D eigenvalue weighted by molar-refractivity contribution is 5.62. The van der Waals surface area contributed by atoms with Crippen molar-refractivity contribution < 1.29 is 0 Å². The second-order valence-electron chi connectivity index (χ2n) is 7.43. The number of H-pyrrole nitrogens is 1. The first-order chi connectivity index (χ1) is 12.9. The van der Waals surface area contributed by atoms with Crippen LogP contribution in [0.1, 0.15) is 45.6 Å². The number of benzene rings is 1. The number of nitrogens with two attached hydrogens (primary N) is 1. The van der Waals surface area contributed by atoms with Crippen molar-refractivity contribution in [3.8, 4) is 0 Å². The van der Waals surface area contributed by atoms with Crippen molar-refractivity contribution in [3.63, 3.8) is 0 Å². The molecule has 1 heterocycles. The fourth-order valence-corrected chi connectivity index (χ4v) is 3.28. The summed E-state index contributed by atoms with van der Waals surface area (Å²) in [5.41, 5.74) is 7.16. The molecule has 2 aromatic rings. The van der Waals surface area contributed by atoms with Gasteiger partial charge in [0.2, 0.25) is 0 Å². The van der Waals surface area contributed by atoms with Gasteiger partial charge in [0, 0.05) is 19.6 Å². The first kappa shape index (κ1) is 20.8. The van der Waals surface area contributed by atoms with Gasteiger partial charge in [-0.2, -0.15) is 0 Å². The van der Waals surface area contributed by atoms with Crippen molar-refractivity contribution >= 4 is 11.5 Å². The fourth-order valence-electron chi connectivity index (χ4n) is 3.28. The van der Waals surface area contributed by atoms with Crippen molar-refractivity contribution in [1.29, 1.82) is 0 Å². The molecule has 148 valence electrons. The maximum absolute atomic E-state index is 12.6. The van der Waals surface area contributed by atoms with Crippen molar-refractivity contribution in [3.05, 3.63) is 56.7 Å². The number of anilines is 2. The van der Waals surface area contributed by atoms with E-state index in [2.05, 4.69) is 37.9 Å². The highest BCUT2D eigenvalue weighted by Crippen LogP contribution is 2.19. The molecule has 0 amide bonds. The van der Waals surface area contributed by atoms with Gasteiger partial charge in [0.15, 0.2) is 0 Å². The average molecular weight is 373 g/mol. The summed E-state index contributed by atoms with van der Waals surface area (Å²) in [6.07, 6.45) is 3.63. The third kappa shape index (κ3) is 5.74. The molecule has 2 rings (SSSR count). The Balaban J connectivity index is 2.26. The summed E-state index contributed by atoms with van der Waals surface area (Å²) >= 11 is 0. The van der Waals surface area contributed by atoms with E-state index in [0.29, 0.717) is 31.2 Å². The number of nitrogens with zero attached hydrogens (tertiary/aromatic N) is 2. The molecule has 0 bridgehead atoms. The van der Waals surface area contributed by atoms with Crippen LogP contribution < -0.4 is 21.9 Å². The molecule has 27 heavy (non-hydrogen) atoms. The predicted molar refractivity (Wildman–Crippen MR) is 112 cm³/mol. The molecule has 0 aliphatic heterocycles. The summed E-state index contributed by atoms with van der Waals surface area (Å²) < 4.78 is 1.49. The van der Waals surface area contributed by atoms with Gasteiger partial charge in [-0.3, -0.25) is 14.3 Å². The van der Waals surface area contributed by atoms with E-state index < -0.39 is 11.2 Å². The van der Waals surface area contributed by atoms with E-state index in [1.807, 2.05) is 23.1 Å². The minimum absolute atomic E-state index is 0.276. The number of nitrogens with one attached hydrogen (secondary N) is 1. The Morgan fingerprint density at radius 3 is 2.48 bits per heavy atom. The average Bonchev–Trinajstić information content (AvgIpc) is 2.61. The Bertz CT molecular complexity index is 824. The largest absolute Gasteiger partial charge is 0.383 e. The van der Waals surface area contributed by atoms with E-state index in [1.54, 1.807) is 0 Å². The molecule has 0 saturated heterocycles. The number of aromatic nitrogens is 2. The molecule has 0 unspecified atom stereocenters. The van der Waals surface area contributed by atoms with Gasteiger partial charge in [-0.1, -0.05) is 57.5 Å². The lowest BCUT2D eigenvalue weighted by Gasteiger charge is -2.28. The fraction of sp³-hybridized carbons (Fsp3) is 0.524. The first-order valence-electron chi connectivity index (χ1n) is 9.85. The topological polar surface area (TPSA) is 84.1 Å². The maximum atomic E-state index is 12.6. The van der Waals surface area contributed by atoms with Crippen molar-refractivity contribution in [2.24, 2.45) is 5.92 Å². The molecule has 6 nitrogen and oxygen atoms in total. The normalized spacial score (nSPS) is 11.1. The lowest BCUT2D eigenvalue weighted by molar-refractivity contribution is 0.581. The number of unbranched alkanes of at least 4 members (excludes halogenated alkanes) is 1. The van der Waals surface area contributed by atoms with Crippen molar-refractivity contribution in [1.82, 2.24) is 9.55 Å². The Morgan fingerprint density at radius 2 is 1.85 bits per heavy atom. The monoisotopic (exact) mass is 372 g/mol. The first-order valence-corrected chi connectivity index (χ1v) is 9.85. The van der Waals surface area contributed by atoms with Gasteiger partial charge in [0.05, 0.1) is 0 Å². The van der Waals surface area contributed by atoms with Gasteiger partial charge in [-0.05, 0) is 30.7 Å². The quantitative estimate of drug-likeness (QED) is 0.671. The number of rotatable bonds is 10. The molecule has 0 atom stereocenters. The minimum Gasteiger partial charge on any atom is -0.383 e. The molecule has 0 fully saturated rings. The number of hydrogen-bond acceptors (Lipinski definition) is 4. The smallest absolute Gasteiger partial charge is 0.330 e. The van der Waals surface area contributed by atoms with Crippen LogP contribution in [0.5, 0.6) is 0 Å². The molecular formula is C21H32N4O2. The van der Waals surface area contributed by atoms with Crippen molar-refractivity contribution in [2.75, 3.05) is 23.7 Å². The molecule has 0 aliphatic carbocycles. The number of hydrogen-bond donors (Lipinski definition) is 2. The lowest BCUT2D eigenvalue weighted by Crippen LogP contribution is -2.40. The SMILES string of the molecule is CCCCn1c(N)c(N(CCCc2ccccc2)CC(C)C)c(=O)[nH]c1=O. The molecule has 1 aromatic carbocycles. The molecule has 6 heteroatoms. The predicted octanol–water partition coefficient (Wildman–Crippen LogP) is 3.01. The molecule has 1 aromatic heterocycles. The summed E-state index contributed by atoms with van der Waals surface area (Å²) in [5.74, 6) is 0.647. The van der Waals surface area contributed by atoms with E-state index >= 15 is 0 Å². The number of aryl methyl sites for hydroxylation is 1. The van der Waals surface area contributed by atoms with Crippen LogP contribution in [-0.4, -0.2) is 22.6 Å². The van der Waals surface area contributed by atoms with E-state index in [4.69, 9.17) is 5.73 Å². The second-order valence-corrected chi connectivity index (χ2v) is 7.43. The van der Waals surface area contributed by atoms with E-state index in [0.717, 1.165) is 25.7 Å². The van der Waals surface area contributed by atoms with Gasteiger partial charge in [0.1, 0.15) is 11.5 Å². The van der Waals surface area contributed by atoms with E-state index in [9.17, 15) is 9.59 Å². The van der Waals surface area contributed by atoms with Crippen LogP contribution in [0.15, 0.2) is 39.9 Å². The van der Waals surface area contributed by atoms with Crippen LogP contribution in [0.4, 0.5) is 11.5 Å². The molecular weight excluding hydrogens is 340 g/mol. The van der Waals surface area contributed by atoms with Gasteiger partial charge < -0.3 is 10.6 Å². The summed E-state index contributed by atoms with van der Waals surface area (Å²) in [6.45, 7) is 8.23. The van der Waals surface area contributed by atoms with Crippen LogP contribution in [0, 0.1) is 5.92 Å². The summed E-state index contributed by atoms with van der Waals surface area (Å²) in [6, 6.07) is 10.3. The van der Waals surface area contributed by atoms with Crippen LogP contribution >= 0.6 is 0 Å². The van der Waals surface area contributed by atoms with Gasteiger partial charge in [-0.25, -0.2) is 4.79 Å². The van der Waals surface area contributed by atoms with Crippen LogP contribution in [0.2, 0.25) is 0 Å². The summed E-state index contributed by atoms with van der Waals surface area (Å²) in [5, 5.41) is 0. The third-order valence-corrected chi connectivity index (χ3v) is 4.59. The highest BCUT2D eigenvalue weighted by atomic mass is 16.2. The Labute approximate surface area is 161 Å². The van der Waals surface area contributed by atoms with Crippen LogP contribution in [0.25, 0.3) is 0 Å². The van der Waals surface area contributed by atoms with Crippen LogP contribution in [0.3, 0.4) is 0 Å². The van der Waals surface area contributed by atoms with Crippen LogP contribution in [-0.2, 0) is 13.0 Å².